The molecule has 0 spiro atoms. The van der Waals surface area contributed by atoms with Gasteiger partial charge < -0.3 is 10.1 Å². The van der Waals surface area contributed by atoms with Crippen LogP contribution in [0.5, 0.6) is 5.75 Å². The van der Waals surface area contributed by atoms with Crippen molar-refractivity contribution in [2.24, 2.45) is 5.92 Å². The van der Waals surface area contributed by atoms with Gasteiger partial charge in [0, 0.05) is 19.2 Å². The van der Waals surface area contributed by atoms with Gasteiger partial charge in [0.05, 0.1) is 12.0 Å². The molecule has 7 nitrogen and oxygen atoms in total. The molecule has 2 atom stereocenters. The Morgan fingerprint density at radius 2 is 1.79 bits per heavy atom. The number of nitrogens with zero attached hydrogens (tertiary/aromatic N) is 1. The van der Waals surface area contributed by atoms with E-state index < -0.39 is 10.0 Å². The highest BCUT2D eigenvalue weighted by atomic mass is 32.2. The Morgan fingerprint density at radius 1 is 1.14 bits per heavy atom. The van der Waals surface area contributed by atoms with Gasteiger partial charge in [-0.15, -0.1) is 0 Å². The molecule has 0 radical (unpaired) electrons. The number of nitrogens with one attached hydrogen (secondary N) is 1. The molecular formula is C20H24N2O5S. The molecule has 2 aromatic carbocycles. The van der Waals surface area contributed by atoms with Gasteiger partial charge in [-0.05, 0) is 54.3 Å². The number of ether oxygens (including phenoxy) is 1. The first-order valence-electron chi connectivity index (χ1n) is 9.02. The summed E-state index contributed by atoms with van der Waals surface area (Å²) in [6.45, 7) is 3.72. The maximum Gasteiger partial charge on any atom is 0.265 e. The van der Waals surface area contributed by atoms with E-state index in [1.54, 1.807) is 19.2 Å². The number of sulfonamides is 1. The minimum atomic E-state index is -3.81. The Bertz CT molecular complexity index is 926. The lowest BCUT2D eigenvalue weighted by Crippen LogP contribution is -2.40. The highest BCUT2D eigenvalue weighted by molar-refractivity contribution is 7.89. The number of amides is 1. The van der Waals surface area contributed by atoms with E-state index in [2.05, 4.69) is 5.32 Å². The number of hydroxylamine groups is 1. The summed E-state index contributed by atoms with van der Waals surface area (Å²) in [6.07, 6.45) is 0.313. The van der Waals surface area contributed by atoms with Crippen LogP contribution in [0, 0.1) is 5.92 Å². The molecule has 8 heteroatoms. The highest BCUT2D eigenvalue weighted by Crippen LogP contribution is 2.36. The summed E-state index contributed by atoms with van der Waals surface area (Å²) in [5, 5.41) is 2.62. The molecule has 2 aromatic rings. The van der Waals surface area contributed by atoms with E-state index >= 15 is 0 Å². The summed E-state index contributed by atoms with van der Waals surface area (Å²) in [5.74, 6) is 0.684. The fourth-order valence-corrected chi connectivity index (χ4v) is 4.40. The Labute approximate surface area is 165 Å². The van der Waals surface area contributed by atoms with E-state index in [4.69, 9.17) is 9.57 Å². The van der Waals surface area contributed by atoms with Crippen LogP contribution in [0.4, 0.5) is 5.69 Å². The predicted molar refractivity (Wildman–Crippen MR) is 105 cm³/mol. The van der Waals surface area contributed by atoms with Crippen molar-refractivity contribution < 1.29 is 22.8 Å². The second-order valence-corrected chi connectivity index (χ2v) is 8.63. The van der Waals surface area contributed by atoms with Crippen LogP contribution in [0.15, 0.2) is 53.4 Å². The SMILES string of the molecule is COc1ccc(C2ON(S(=O)(=O)c3ccc(NC(C)=O)cc3)CCC2C)cc1. The zero-order valence-electron chi connectivity index (χ0n) is 16.1. The first-order valence-corrected chi connectivity index (χ1v) is 10.5. The number of benzene rings is 2. The van der Waals surface area contributed by atoms with E-state index in [1.807, 2.05) is 31.2 Å². The van der Waals surface area contributed by atoms with E-state index in [-0.39, 0.29) is 29.4 Å². The number of hydrogen-bond donors (Lipinski definition) is 1. The van der Waals surface area contributed by atoms with E-state index in [9.17, 15) is 13.2 Å². The van der Waals surface area contributed by atoms with Crippen LogP contribution in [0.1, 0.15) is 31.9 Å². The molecule has 1 heterocycles. The van der Waals surface area contributed by atoms with Crippen molar-refractivity contribution in [1.82, 2.24) is 4.47 Å². The minimum absolute atomic E-state index is 0.115. The van der Waals surface area contributed by atoms with Gasteiger partial charge in [0.15, 0.2) is 0 Å². The van der Waals surface area contributed by atoms with Crippen LogP contribution in [-0.2, 0) is 19.7 Å². The van der Waals surface area contributed by atoms with Crippen LogP contribution < -0.4 is 10.1 Å². The van der Waals surface area contributed by atoms with Crippen molar-refractivity contribution in [3.63, 3.8) is 0 Å². The third-order valence-corrected chi connectivity index (χ3v) is 6.37. The average molecular weight is 404 g/mol. The summed E-state index contributed by atoms with van der Waals surface area (Å²) in [7, 11) is -2.21. The molecule has 1 amide bonds. The lowest BCUT2D eigenvalue weighted by atomic mass is 9.94. The minimum Gasteiger partial charge on any atom is -0.497 e. The Hall–Kier alpha value is -2.42. The molecule has 1 aliphatic rings. The Kier molecular flexibility index (Phi) is 6.02. The van der Waals surface area contributed by atoms with Gasteiger partial charge in [-0.3, -0.25) is 9.63 Å². The molecule has 0 aliphatic carbocycles. The van der Waals surface area contributed by atoms with Crippen molar-refractivity contribution in [2.75, 3.05) is 19.0 Å². The smallest absolute Gasteiger partial charge is 0.265 e. The zero-order valence-corrected chi connectivity index (χ0v) is 16.9. The molecular weight excluding hydrogens is 380 g/mol. The van der Waals surface area contributed by atoms with Crippen LogP contribution in [0.3, 0.4) is 0 Å². The molecule has 1 aliphatic heterocycles. The number of hydrogen-bond acceptors (Lipinski definition) is 5. The third kappa shape index (κ3) is 4.35. The lowest BCUT2D eigenvalue weighted by molar-refractivity contribution is -0.183. The van der Waals surface area contributed by atoms with E-state index in [1.165, 1.54) is 19.1 Å². The normalized spacial score (nSPS) is 20.5. The third-order valence-electron chi connectivity index (χ3n) is 4.70. The molecule has 3 rings (SSSR count). The molecule has 1 N–H and O–H groups in total. The highest BCUT2D eigenvalue weighted by Gasteiger charge is 2.35. The second-order valence-electron chi connectivity index (χ2n) is 6.80. The number of carbonyl (C=O) groups is 1. The van der Waals surface area contributed by atoms with E-state index in [0.29, 0.717) is 12.1 Å². The molecule has 0 aromatic heterocycles. The average Bonchev–Trinajstić information content (AvgIpc) is 2.68. The van der Waals surface area contributed by atoms with Gasteiger partial charge in [-0.2, -0.15) is 0 Å². The number of rotatable bonds is 5. The van der Waals surface area contributed by atoms with Gasteiger partial charge in [0.1, 0.15) is 11.9 Å². The molecule has 2 unspecified atom stereocenters. The molecule has 1 saturated heterocycles. The fourth-order valence-electron chi connectivity index (χ4n) is 3.13. The standard InChI is InChI=1S/C20H24N2O5S/c1-14-12-13-22(27-20(14)16-4-8-18(26-3)9-5-16)28(24,25)19-10-6-17(7-11-19)21-15(2)23/h4-11,14,20H,12-13H2,1-3H3,(H,21,23). The zero-order chi connectivity index (χ0) is 20.3. The fraction of sp³-hybridized carbons (Fsp3) is 0.350. The van der Waals surface area contributed by atoms with Crippen LogP contribution in [0.25, 0.3) is 0 Å². The summed E-state index contributed by atoms with van der Waals surface area (Å²) < 4.78 is 32.2. The molecule has 28 heavy (non-hydrogen) atoms. The molecule has 0 saturated carbocycles. The Balaban J connectivity index is 1.80. The van der Waals surface area contributed by atoms with Crippen molar-refractivity contribution >= 4 is 21.6 Å². The van der Waals surface area contributed by atoms with Gasteiger partial charge in [-0.1, -0.05) is 23.5 Å². The summed E-state index contributed by atoms with van der Waals surface area (Å²) in [4.78, 5) is 17.1. The number of methoxy groups -OCH3 is 1. The monoisotopic (exact) mass is 404 g/mol. The number of anilines is 1. The second kappa shape index (κ2) is 8.30. The summed E-state index contributed by atoms with van der Waals surface area (Å²) >= 11 is 0. The molecule has 1 fully saturated rings. The van der Waals surface area contributed by atoms with Gasteiger partial charge in [0.2, 0.25) is 5.91 Å². The largest absolute Gasteiger partial charge is 0.497 e. The van der Waals surface area contributed by atoms with Crippen LogP contribution in [0.2, 0.25) is 0 Å². The van der Waals surface area contributed by atoms with Crippen molar-refractivity contribution in [2.45, 2.75) is 31.3 Å². The van der Waals surface area contributed by atoms with Crippen molar-refractivity contribution in [1.29, 1.82) is 0 Å². The van der Waals surface area contributed by atoms with Crippen LogP contribution in [-0.4, -0.2) is 32.4 Å². The maximum atomic E-state index is 13.0. The molecule has 0 bridgehead atoms. The first kappa shape index (κ1) is 20.3. The molecule has 150 valence electrons. The van der Waals surface area contributed by atoms with Crippen molar-refractivity contribution in [3.8, 4) is 5.75 Å². The first-order chi connectivity index (χ1) is 13.3. The topological polar surface area (TPSA) is 84.9 Å². The quantitative estimate of drug-likeness (QED) is 0.826. The van der Waals surface area contributed by atoms with Crippen molar-refractivity contribution in [3.05, 3.63) is 54.1 Å². The van der Waals surface area contributed by atoms with Gasteiger partial charge in [-0.25, -0.2) is 8.42 Å². The predicted octanol–water partition coefficient (Wildman–Crippen LogP) is 3.36. The van der Waals surface area contributed by atoms with Crippen LogP contribution >= 0.6 is 0 Å². The maximum absolute atomic E-state index is 13.0. The lowest BCUT2D eigenvalue weighted by Gasteiger charge is -2.36. The Morgan fingerprint density at radius 3 is 2.36 bits per heavy atom. The van der Waals surface area contributed by atoms with Gasteiger partial charge >= 0.3 is 0 Å². The number of carbonyl (C=O) groups excluding carboxylic acids is 1. The summed E-state index contributed by atoms with van der Waals surface area (Å²) in [6, 6.07) is 13.5. The van der Waals surface area contributed by atoms with E-state index in [0.717, 1.165) is 15.8 Å². The summed E-state index contributed by atoms with van der Waals surface area (Å²) in [5.41, 5.74) is 1.44. The van der Waals surface area contributed by atoms with Gasteiger partial charge in [0.25, 0.3) is 10.0 Å².